The van der Waals surface area contributed by atoms with Crippen LogP contribution in [-0.2, 0) is 4.74 Å². The van der Waals surface area contributed by atoms with Crippen molar-refractivity contribution in [3.8, 4) is 16.2 Å². The Morgan fingerprint density at radius 3 is 2.28 bits per heavy atom. The molecule has 0 spiro atoms. The Hall–Kier alpha value is -4.50. The van der Waals surface area contributed by atoms with Crippen LogP contribution >= 0.6 is 11.3 Å². The van der Waals surface area contributed by atoms with Gasteiger partial charge >= 0.3 is 5.97 Å². The summed E-state index contributed by atoms with van der Waals surface area (Å²) in [4.78, 5) is 46.3. The number of anilines is 1. The Kier molecular flexibility index (Phi) is 9.21. The van der Waals surface area contributed by atoms with Crippen LogP contribution in [0.1, 0.15) is 80.3 Å². The molecule has 1 aliphatic heterocycles. The number of likely N-dealkylation sites (tertiary alicyclic amines) is 1. The molecule has 1 fully saturated rings. The number of esters is 1. The molecule has 2 heterocycles. The number of carbonyl (C=O) groups is 3. The van der Waals surface area contributed by atoms with Crippen LogP contribution in [0.5, 0.6) is 5.75 Å². The van der Waals surface area contributed by atoms with Crippen LogP contribution in [0.15, 0.2) is 72.8 Å². The lowest BCUT2D eigenvalue weighted by atomic mass is 9.88. The molecule has 2 amide bonds. The third-order valence-corrected chi connectivity index (χ3v) is 9.07. The van der Waals surface area contributed by atoms with Crippen molar-refractivity contribution < 1.29 is 23.9 Å². The van der Waals surface area contributed by atoms with Gasteiger partial charge in [-0.25, -0.2) is 9.78 Å². The summed E-state index contributed by atoms with van der Waals surface area (Å²) in [6.45, 7) is 5.28. The molecule has 1 saturated heterocycles. The van der Waals surface area contributed by atoms with Crippen LogP contribution in [0, 0.1) is 0 Å². The zero-order valence-corrected chi connectivity index (χ0v) is 25.6. The minimum absolute atomic E-state index is 0.145. The number of piperidine rings is 1. The largest absolute Gasteiger partial charge is 0.496 e. The Morgan fingerprint density at radius 1 is 0.953 bits per heavy atom. The van der Waals surface area contributed by atoms with E-state index in [1.165, 1.54) is 25.6 Å². The number of rotatable bonds is 8. The fraction of sp³-hybridized carbons (Fsp3) is 0.294. The van der Waals surface area contributed by atoms with Gasteiger partial charge < -0.3 is 19.7 Å². The Morgan fingerprint density at radius 2 is 1.65 bits per heavy atom. The van der Waals surface area contributed by atoms with Gasteiger partial charge in [-0.3, -0.25) is 9.59 Å². The average molecular weight is 598 g/mol. The first-order valence-corrected chi connectivity index (χ1v) is 15.1. The molecule has 8 nitrogen and oxygen atoms in total. The van der Waals surface area contributed by atoms with E-state index in [1.807, 2.05) is 47.4 Å². The van der Waals surface area contributed by atoms with Gasteiger partial charge in [0.2, 0.25) is 0 Å². The Labute approximate surface area is 255 Å². The van der Waals surface area contributed by atoms with Gasteiger partial charge in [-0.2, -0.15) is 0 Å². The number of amides is 2. The highest BCUT2D eigenvalue weighted by Crippen LogP contribution is 2.35. The lowest BCUT2D eigenvalue weighted by Gasteiger charge is -2.32. The quantitative estimate of drug-likeness (QED) is 0.220. The van der Waals surface area contributed by atoms with Crippen molar-refractivity contribution in [3.05, 3.63) is 100 Å². The van der Waals surface area contributed by atoms with Gasteiger partial charge in [0.05, 0.1) is 35.2 Å². The minimum Gasteiger partial charge on any atom is -0.496 e. The van der Waals surface area contributed by atoms with Crippen LogP contribution in [0.4, 0.5) is 5.69 Å². The molecule has 3 aromatic carbocycles. The maximum Gasteiger partial charge on any atom is 0.337 e. The molecule has 222 valence electrons. The van der Waals surface area contributed by atoms with E-state index >= 15 is 0 Å². The molecule has 0 saturated carbocycles. The monoisotopic (exact) mass is 597 g/mol. The van der Waals surface area contributed by atoms with Crippen molar-refractivity contribution in [2.24, 2.45) is 0 Å². The first-order chi connectivity index (χ1) is 20.8. The number of aromatic nitrogens is 1. The number of hydrogen-bond donors (Lipinski definition) is 1. The van der Waals surface area contributed by atoms with E-state index in [-0.39, 0.29) is 29.6 Å². The van der Waals surface area contributed by atoms with E-state index in [0.717, 1.165) is 33.9 Å². The second kappa shape index (κ2) is 13.2. The minimum atomic E-state index is -0.358. The van der Waals surface area contributed by atoms with Gasteiger partial charge in [0.15, 0.2) is 0 Å². The number of nitrogens with zero attached hydrogens (tertiary/aromatic N) is 2. The van der Waals surface area contributed by atoms with Gasteiger partial charge in [0, 0.05) is 24.7 Å². The van der Waals surface area contributed by atoms with Gasteiger partial charge in [-0.15, -0.1) is 11.3 Å². The van der Waals surface area contributed by atoms with Crippen LogP contribution in [0.25, 0.3) is 10.4 Å². The van der Waals surface area contributed by atoms with Gasteiger partial charge in [0.25, 0.3) is 11.8 Å². The van der Waals surface area contributed by atoms with Crippen LogP contribution in [-0.4, -0.2) is 55.0 Å². The molecular weight excluding hydrogens is 562 g/mol. The molecule has 1 aromatic heterocycles. The summed E-state index contributed by atoms with van der Waals surface area (Å²) in [7, 11) is 2.90. The SMILES string of the molecule is COC(=O)c1ccc(C2CCN(C(=O)c3cc(NC(=O)c4nc(C(C)C)sc4-c4ccccc4)ccc3OC)CC2)cc1. The Balaban J connectivity index is 1.31. The standard InChI is InChI=1S/C34H35N3O5S/c1-21(2)32-36-29(30(43-32)24-8-6-5-7-9-24)31(38)35-26-14-15-28(41-3)27(20-26)33(39)37-18-16-23(17-19-37)22-10-12-25(13-11-22)34(40)42-4/h5-15,20-21,23H,16-19H2,1-4H3,(H,35,38). The molecule has 0 atom stereocenters. The summed E-state index contributed by atoms with van der Waals surface area (Å²) in [5.41, 5.74) is 3.85. The summed E-state index contributed by atoms with van der Waals surface area (Å²) < 4.78 is 10.3. The van der Waals surface area contributed by atoms with Gasteiger partial charge in [-0.05, 0) is 60.2 Å². The summed E-state index contributed by atoms with van der Waals surface area (Å²) in [5, 5.41) is 3.85. The average Bonchev–Trinajstić information content (AvgIpc) is 3.51. The van der Waals surface area contributed by atoms with Gasteiger partial charge in [0.1, 0.15) is 11.4 Å². The molecule has 5 rings (SSSR count). The summed E-state index contributed by atoms with van der Waals surface area (Å²) in [6, 6.07) is 22.4. The molecule has 0 radical (unpaired) electrons. The predicted octanol–water partition coefficient (Wildman–Crippen LogP) is 7.00. The van der Waals surface area contributed by atoms with Crippen molar-refractivity contribution in [1.82, 2.24) is 9.88 Å². The maximum absolute atomic E-state index is 13.7. The van der Waals surface area contributed by atoms with Crippen molar-refractivity contribution in [1.29, 1.82) is 0 Å². The number of methoxy groups -OCH3 is 2. The summed E-state index contributed by atoms with van der Waals surface area (Å²) in [6.07, 6.45) is 1.60. The second-order valence-electron chi connectivity index (χ2n) is 10.8. The van der Waals surface area contributed by atoms with E-state index < -0.39 is 0 Å². The molecule has 1 aliphatic rings. The fourth-order valence-corrected chi connectivity index (χ4v) is 6.33. The van der Waals surface area contributed by atoms with E-state index in [4.69, 9.17) is 9.47 Å². The molecule has 9 heteroatoms. The highest BCUT2D eigenvalue weighted by molar-refractivity contribution is 7.15. The highest BCUT2D eigenvalue weighted by Gasteiger charge is 2.27. The van der Waals surface area contributed by atoms with Crippen molar-refractivity contribution in [2.45, 2.75) is 38.5 Å². The number of benzene rings is 3. The lowest BCUT2D eigenvalue weighted by Crippen LogP contribution is -2.38. The summed E-state index contributed by atoms with van der Waals surface area (Å²) in [5.74, 6) is 0.0865. The van der Waals surface area contributed by atoms with Crippen molar-refractivity contribution in [2.75, 3.05) is 32.6 Å². The van der Waals surface area contributed by atoms with Crippen LogP contribution in [0.2, 0.25) is 0 Å². The number of thiazole rings is 1. The zero-order chi connectivity index (χ0) is 30.5. The number of nitrogens with one attached hydrogen (secondary N) is 1. The summed E-state index contributed by atoms with van der Waals surface area (Å²) >= 11 is 1.52. The maximum atomic E-state index is 13.7. The third-order valence-electron chi connectivity index (χ3n) is 7.66. The molecule has 0 bridgehead atoms. The van der Waals surface area contributed by atoms with Crippen molar-refractivity contribution >= 4 is 34.8 Å². The zero-order valence-electron chi connectivity index (χ0n) is 24.8. The molecule has 0 unspecified atom stereocenters. The van der Waals surface area contributed by atoms with E-state index in [0.29, 0.717) is 41.3 Å². The number of carbonyl (C=O) groups excluding carboxylic acids is 3. The van der Waals surface area contributed by atoms with E-state index in [9.17, 15) is 14.4 Å². The highest BCUT2D eigenvalue weighted by atomic mass is 32.1. The molecule has 1 N–H and O–H groups in total. The molecule has 0 aliphatic carbocycles. The van der Waals surface area contributed by atoms with E-state index in [1.54, 1.807) is 30.3 Å². The second-order valence-corrected chi connectivity index (χ2v) is 11.8. The number of hydrogen-bond acceptors (Lipinski definition) is 7. The normalized spacial score (nSPS) is 13.6. The van der Waals surface area contributed by atoms with Crippen LogP contribution < -0.4 is 10.1 Å². The predicted molar refractivity (Wildman–Crippen MR) is 168 cm³/mol. The molecular formula is C34H35N3O5S. The van der Waals surface area contributed by atoms with Crippen LogP contribution in [0.3, 0.4) is 0 Å². The smallest absolute Gasteiger partial charge is 0.337 e. The van der Waals surface area contributed by atoms with Gasteiger partial charge in [-0.1, -0.05) is 56.3 Å². The first kappa shape index (κ1) is 30.0. The van der Waals surface area contributed by atoms with Crippen molar-refractivity contribution in [3.63, 3.8) is 0 Å². The lowest BCUT2D eigenvalue weighted by molar-refractivity contribution is 0.0599. The first-order valence-electron chi connectivity index (χ1n) is 14.3. The fourth-order valence-electron chi connectivity index (χ4n) is 5.26. The van der Waals surface area contributed by atoms with E-state index in [2.05, 4.69) is 24.1 Å². The molecule has 43 heavy (non-hydrogen) atoms. The number of ether oxygens (including phenoxy) is 2. The topological polar surface area (TPSA) is 97.8 Å². The Bertz CT molecular complexity index is 1610. The molecule has 4 aromatic rings. The third kappa shape index (κ3) is 6.62.